The second-order valence-electron chi connectivity index (χ2n) is 10.3. The number of carbonyl (C=O) groups excluding carboxylic acids is 2. The van der Waals surface area contributed by atoms with Crippen LogP contribution in [0.2, 0.25) is 0 Å². The first-order chi connectivity index (χ1) is 16.5. The molecule has 2 unspecified atom stereocenters. The van der Waals surface area contributed by atoms with Gasteiger partial charge in [-0.15, -0.1) is 0 Å². The molecule has 0 aliphatic rings. The van der Waals surface area contributed by atoms with Crippen LogP contribution in [0.5, 0.6) is 0 Å². The van der Waals surface area contributed by atoms with Gasteiger partial charge in [0.05, 0.1) is 19.1 Å². The van der Waals surface area contributed by atoms with E-state index in [9.17, 15) is 9.59 Å². The summed E-state index contributed by atoms with van der Waals surface area (Å²) in [6, 6.07) is 0. The highest BCUT2D eigenvalue weighted by Crippen LogP contribution is 2.21. The highest BCUT2D eigenvalue weighted by atomic mass is 16.5. The van der Waals surface area contributed by atoms with Crippen LogP contribution in [-0.4, -0.2) is 25.2 Å². The second kappa shape index (κ2) is 25.0. The van der Waals surface area contributed by atoms with E-state index >= 15 is 0 Å². The SMILES string of the molecule is CCCCCCCCOC(=O)CCCCCCCCC(C)C(C)C(=O)OCCCCCCCC. The number of ether oxygens (including phenoxy) is 2. The third-order valence-electron chi connectivity index (χ3n) is 7.02. The van der Waals surface area contributed by atoms with Crippen LogP contribution in [0.1, 0.15) is 156 Å². The van der Waals surface area contributed by atoms with Crippen LogP contribution in [0.3, 0.4) is 0 Å². The molecule has 0 amide bonds. The molecule has 0 bridgehead atoms. The van der Waals surface area contributed by atoms with Gasteiger partial charge in [-0.25, -0.2) is 0 Å². The Balaban J connectivity index is 3.52. The number of esters is 2. The fourth-order valence-corrected chi connectivity index (χ4v) is 4.25. The molecule has 0 aromatic heterocycles. The summed E-state index contributed by atoms with van der Waals surface area (Å²) < 4.78 is 10.8. The molecule has 34 heavy (non-hydrogen) atoms. The molecule has 0 rings (SSSR count). The Hall–Kier alpha value is -1.06. The van der Waals surface area contributed by atoms with Crippen molar-refractivity contribution in [1.82, 2.24) is 0 Å². The Labute approximate surface area is 212 Å². The second-order valence-corrected chi connectivity index (χ2v) is 10.3. The first-order valence-corrected chi connectivity index (χ1v) is 14.8. The predicted molar refractivity (Wildman–Crippen MR) is 144 cm³/mol. The minimum Gasteiger partial charge on any atom is -0.466 e. The lowest BCUT2D eigenvalue weighted by atomic mass is 9.90. The van der Waals surface area contributed by atoms with Crippen molar-refractivity contribution in [3.63, 3.8) is 0 Å². The van der Waals surface area contributed by atoms with Gasteiger partial charge in [0, 0.05) is 6.42 Å². The normalized spacial score (nSPS) is 12.9. The Morgan fingerprint density at radius 2 is 1.00 bits per heavy atom. The summed E-state index contributed by atoms with van der Waals surface area (Å²) in [6.07, 6.45) is 23.0. The van der Waals surface area contributed by atoms with Crippen molar-refractivity contribution in [2.45, 2.75) is 156 Å². The van der Waals surface area contributed by atoms with E-state index in [4.69, 9.17) is 9.47 Å². The fourth-order valence-electron chi connectivity index (χ4n) is 4.25. The van der Waals surface area contributed by atoms with Gasteiger partial charge >= 0.3 is 11.9 Å². The van der Waals surface area contributed by atoms with Crippen molar-refractivity contribution < 1.29 is 19.1 Å². The van der Waals surface area contributed by atoms with E-state index in [1.54, 1.807) is 0 Å². The van der Waals surface area contributed by atoms with Crippen molar-refractivity contribution in [3.05, 3.63) is 0 Å². The third kappa shape index (κ3) is 21.5. The molecule has 4 heteroatoms. The monoisotopic (exact) mass is 482 g/mol. The third-order valence-corrected chi connectivity index (χ3v) is 7.02. The Morgan fingerprint density at radius 3 is 1.56 bits per heavy atom. The predicted octanol–water partition coefficient (Wildman–Crippen LogP) is 9.19. The summed E-state index contributed by atoms with van der Waals surface area (Å²) >= 11 is 0. The number of hydrogen-bond donors (Lipinski definition) is 0. The summed E-state index contributed by atoms with van der Waals surface area (Å²) in [4.78, 5) is 24.0. The highest BCUT2D eigenvalue weighted by molar-refractivity contribution is 5.72. The standard InChI is InChI=1S/C30H58O4/c1-5-7-9-11-17-21-25-33-29(31)24-20-16-14-13-15-19-23-27(3)28(4)30(32)34-26-22-18-12-10-8-6-2/h27-28H,5-26H2,1-4H3. The quantitative estimate of drug-likeness (QED) is 0.0961. The van der Waals surface area contributed by atoms with Crippen LogP contribution in [0.4, 0.5) is 0 Å². The zero-order valence-electron chi connectivity index (χ0n) is 23.3. The molecule has 0 spiro atoms. The minimum atomic E-state index is -0.0280. The van der Waals surface area contributed by atoms with Crippen LogP contribution < -0.4 is 0 Å². The molecule has 0 aliphatic carbocycles. The molecule has 0 heterocycles. The zero-order valence-corrected chi connectivity index (χ0v) is 23.3. The Morgan fingerprint density at radius 1 is 0.559 bits per heavy atom. The first-order valence-electron chi connectivity index (χ1n) is 14.8. The van der Waals surface area contributed by atoms with Gasteiger partial charge in [-0.3, -0.25) is 9.59 Å². The van der Waals surface area contributed by atoms with Gasteiger partial charge in [-0.1, -0.05) is 124 Å². The maximum atomic E-state index is 12.3. The lowest BCUT2D eigenvalue weighted by Crippen LogP contribution is -2.22. The molecule has 0 saturated heterocycles. The maximum Gasteiger partial charge on any atom is 0.308 e. The summed E-state index contributed by atoms with van der Waals surface area (Å²) in [5, 5.41) is 0. The lowest BCUT2D eigenvalue weighted by Gasteiger charge is -2.18. The molecule has 0 aliphatic heterocycles. The van der Waals surface area contributed by atoms with E-state index in [1.165, 1.54) is 77.0 Å². The summed E-state index contributed by atoms with van der Waals surface area (Å²) in [6.45, 7) is 9.81. The number of unbranched alkanes of at least 4 members (excludes halogenated alkanes) is 15. The van der Waals surface area contributed by atoms with Crippen LogP contribution in [0, 0.1) is 11.8 Å². The van der Waals surface area contributed by atoms with Crippen molar-refractivity contribution in [2.75, 3.05) is 13.2 Å². The van der Waals surface area contributed by atoms with Crippen molar-refractivity contribution >= 4 is 11.9 Å². The molecule has 0 aromatic rings. The van der Waals surface area contributed by atoms with Gasteiger partial charge in [0.15, 0.2) is 0 Å². The van der Waals surface area contributed by atoms with Crippen LogP contribution in [-0.2, 0) is 19.1 Å². The van der Waals surface area contributed by atoms with Gasteiger partial charge in [-0.05, 0) is 31.6 Å². The molecular weight excluding hydrogens is 424 g/mol. The van der Waals surface area contributed by atoms with Crippen molar-refractivity contribution in [3.8, 4) is 0 Å². The number of rotatable bonds is 25. The molecule has 0 fully saturated rings. The summed E-state index contributed by atoms with van der Waals surface area (Å²) in [5.41, 5.74) is 0. The molecule has 2 atom stereocenters. The fraction of sp³-hybridized carbons (Fsp3) is 0.933. The van der Waals surface area contributed by atoms with E-state index in [0.29, 0.717) is 25.6 Å². The van der Waals surface area contributed by atoms with Gasteiger partial charge in [0.2, 0.25) is 0 Å². The van der Waals surface area contributed by atoms with Crippen molar-refractivity contribution in [1.29, 1.82) is 0 Å². The van der Waals surface area contributed by atoms with E-state index in [-0.39, 0.29) is 17.9 Å². The van der Waals surface area contributed by atoms with E-state index < -0.39 is 0 Å². The largest absolute Gasteiger partial charge is 0.466 e. The number of hydrogen-bond acceptors (Lipinski definition) is 4. The lowest BCUT2D eigenvalue weighted by molar-refractivity contribution is -0.150. The van der Waals surface area contributed by atoms with Crippen LogP contribution in [0.25, 0.3) is 0 Å². The van der Waals surface area contributed by atoms with E-state index in [2.05, 4.69) is 20.8 Å². The molecule has 202 valence electrons. The molecule has 0 aromatic carbocycles. The van der Waals surface area contributed by atoms with Gasteiger partial charge < -0.3 is 9.47 Å². The summed E-state index contributed by atoms with van der Waals surface area (Å²) in [5.74, 6) is 0.310. The van der Waals surface area contributed by atoms with Crippen LogP contribution >= 0.6 is 0 Å². The highest BCUT2D eigenvalue weighted by Gasteiger charge is 2.21. The van der Waals surface area contributed by atoms with Crippen molar-refractivity contribution in [2.24, 2.45) is 11.8 Å². The molecular formula is C30H58O4. The molecule has 0 saturated carbocycles. The van der Waals surface area contributed by atoms with Gasteiger partial charge in [0.25, 0.3) is 0 Å². The molecule has 0 N–H and O–H groups in total. The average Bonchev–Trinajstić information content (AvgIpc) is 2.83. The molecule has 4 nitrogen and oxygen atoms in total. The topological polar surface area (TPSA) is 52.6 Å². The smallest absolute Gasteiger partial charge is 0.308 e. The van der Waals surface area contributed by atoms with Gasteiger partial charge in [-0.2, -0.15) is 0 Å². The molecule has 0 radical (unpaired) electrons. The summed E-state index contributed by atoms with van der Waals surface area (Å²) in [7, 11) is 0. The maximum absolute atomic E-state index is 12.3. The van der Waals surface area contributed by atoms with Crippen LogP contribution in [0.15, 0.2) is 0 Å². The average molecular weight is 483 g/mol. The zero-order chi connectivity index (χ0) is 25.3. The Bertz CT molecular complexity index is 463. The number of carbonyl (C=O) groups is 2. The Kier molecular flexibility index (Phi) is 24.3. The van der Waals surface area contributed by atoms with Gasteiger partial charge in [0.1, 0.15) is 0 Å². The first kappa shape index (κ1) is 32.9. The van der Waals surface area contributed by atoms with E-state index in [0.717, 1.165) is 44.9 Å². The minimum absolute atomic E-state index is 0.0116. The van der Waals surface area contributed by atoms with E-state index in [1.807, 2.05) is 6.92 Å².